The van der Waals surface area contributed by atoms with Gasteiger partial charge in [0.15, 0.2) is 0 Å². The number of aromatic nitrogens is 1. The van der Waals surface area contributed by atoms with Crippen molar-refractivity contribution in [1.82, 2.24) is 4.98 Å². The second-order valence-electron chi connectivity index (χ2n) is 5.81. The summed E-state index contributed by atoms with van der Waals surface area (Å²) in [5, 5.41) is 19.2. The van der Waals surface area contributed by atoms with Crippen LogP contribution in [0.25, 0.3) is 0 Å². The van der Waals surface area contributed by atoms with Gasteiger partial charge in [-0.15, -0.1) is 0 Å². The zero-order valence-corrected chi connectivity index (χ0v) is 13.9. The van der Waals surface area contributed by atoms with Crippen LogP contribution in [0.2, 0.25) is 0 Å². The Balaban J connectivity index is 3.19. The highest BCUT2D eigenvalue weighted by atomic mass is 16.4. The maximum atomic E-state index is 9.61. The first-order chi connectivity index (χ1) is 10.2. The first kappa shape index (κ1) is 18.2. The summed E-state index contributed by atoms with van der Waals surface area (Å²) in [6, 6.07) is 0. The van der Waals surface area contributed by atoms with Gasteiger partial charge in [-0.1, -0.05) is 40.0 Å². The third-order valence-corrected chi connectivity index (χ3v) is 4.03. The topological polar surface area (TPSA) is 53.4 Å². The number of hydrogen-bond acceptors (Lipinski definition) is 3. The van der Waals surface area contributed by atoms with Gasteiger partial charge in [-0.2, -0.15) is 0 Å². The lowest BCUT2D eigenvalue weighted by atomic mass is 9.77. The third-order valence-electron chi connectivity index (χ3n) is 4.03. The smallest absolute Gasteiger partial charge is 0.422 e. The van der Waals surface area contributed by atoms with Gasteiger partial charge in [0.1, 0.15) is 0 Å². The largest absolute Gasteiger partial charge is 0.508 e. The minimum Gasteiger partial charge on any atom is -0.422 e. The number of rotatable bonds is 10. The summed E-state index contributed by atoms with van der Waals surface area (Å²) in [4.78, 5) is 4.35. The van der Waals surface area contributed by atoms with Crippen LogP contribution >= 0.6 is 0 Å². The average Bonchev–Trinajstić information content (AvgIpc) is 2.48. The van der Waals surface area contributed by atoms with Crippen LogP contribution in [-0.2, 0) is 19.3 Å². The average molecular weight is 291 g/mol. The molecule has 21 heavy (non-hydrogen) atoms. The molecule has 1 heterocycles. The lowest BCUT2D eigenvalue weighted by Gasteiger charge is -2.18. The third kappa shape index (κ3) is 5.44. The zero-order valence-electron chi connectivity index (χ0n) is 13.9. The Bertz CT molecular complexity index is 421. The first-order valence-electron chi connectivity index (χ1n) is 8.51. The molecule has 0 spiro atoms. The summed E-state index contributed by atoms with van der Waals surface area (Å²) in [6.45, 7) is 6.55. The van der Waals surface area contributed by atoms with Crippen molar-refractivity contribution in [3.05, 3.63) is 22.9 Å². The van der Waals surface area contributed by atoms with Gasteiger partial charge in [-0.25, -0.2) is 0 Å². The van der Waals surface area contributed by atoms with Gasteiger partial charge in [0.2, 0.25) is 0 Å². The molecule has 4 heteroatoms. The fraction of sp³-hybridized carbons (Fsp3) is 0.706. The van der Waals surface area contributed by atoms with Crippen molar-refractivity contribution < 1.29 is 10.0 Å². The molecule has 0 unspecified atom stereocenters. The molecule has 1 aromatic rings. The summed E-state index contributed by atoms with van der Waals surface area (Å²) in [5.74, 6) is 0. The van der Waals surface area contributed by atoms with Gasteiger partial charge in [0.05, 0.1) is 5.59 Å². The van der Waals surface area contributed by atoms with Crippen molar-refractivity contribution in [2.75, 3.05) is 0 Å². The van der Waals surface area contributed by atoms with E-state index in [4.69, 9.17) is 0 Å². The maximum absolute atomic E-state index is 9.61. The normalized spacial score (nSPS) is 10.9. The minimum atomic E-state index is -1.46. The van der Waals surface area contributed by atoms with E-state index in [1.807, 2.05) is 6.20 Å². The molecule has 0 amide bonds. The van der Waals surface area contributed by atoms with Crippen molar-refractivity contribution >= 4 is 12.7 Å². The second kappa shape index (κ2) is 9.96. The Morgan fingerprint density at radius 2 is 1.38 bits per heavy atom. The van der Waals surface area contributed by atoms with E-state index in [1.54, 1.807) is 0 Å². The van der Waals surface area contributed by atoms with Gasteiger partial charge < -0.3 is 10.0 Å². The molecule has 0 radical (unpaired) electrons. The van der Waals surface area contributed by atoms with Crippen molar-refractivity contribution in [2.24, 2.45) is 0 Å². The standard InChI is InChI=1S/C17H30BNO2/c1-4-7-10-14-13-19-17(18(20)21)16(12-9-6-3)15(14)11-8-5-2/h13,20-21H,4-12H2,1-3H3. The molecule has 0 aromatic carbocycles. The van der Waals surface area contributed by atoms with Crippen molar-refractivity contribution in [2.45, 2.75) is 78.6 Å². The number of unbranched alkanes of at least 4 members (excludes halogenated alkanes) is 3. The van der Waals surface area contributed by atoms with E-state index in [1.165, 1.54) is 17.5 Å². The molecule has 0 fully saturated rings. The molecule has 0 atom stereocenters. The van der Waals surface area contributed by atoms with E-state index in [-0.39, 0.29) is 0 Å². The van der Waals surface area contributed by atoms with Gasteiger partial charge in [-0.3, -0.25) is 4.98 Å². The van der Waals surface area contributed by atoms with E-state index in [2.05, 4.69) is 25.8 Å². The summed E-state index contributed by atoms with van der Waals surface area (Å²) in [7, 11) is -1.46. The van der Waals surface area contributed by atoms with Gasteiger partial charge in [0.25, 0.3) is 0 Å². The quantitative estimate of drug-likeness (QED) is 0.652. The molecular weight excluding hydrogens is 261 g/mol. The van der Waals surface area contributed by atoms with Crippen molar-refractivity contribution in [3.63, 3.8) is 0 Å². The molecule has 0 saturated carbocycles. The SMILES string of the molecule is CCCCc1cnc(B(O)O)c(CCCC)c1CCCC. The fourth-order valence-corrected chi connectivity index (χ4v) is 2.75. The first-order valence-corrected chi connectivity index (χ1v) is 8.51. The molecular formula is C17H30BNO2. The van der Waals surface area contributed by atoms with Crippen LogP contribution in [0.4, 0.5) is 0 Å². The van der Waals surface area contributed by atoms with Crippen LogP contribution in [-0.4, -0.2) is 22.2 Å². The Kier molecular flexibility index (Phi) is 8.63. The molecule has 2 N–H and O–H groups in total. The summed E-state index contributed by atoms with van der Waals surface area (Å²) in [5.41, 5.74) is 4.20. The highest BCUT2D eigenvalue weighted by Crippen LogP contribution is 2.20. The number of nitrogens with zero attached hydrogens (tertiary/aromatic N) is 1. The molecule has 1 rings (SSSR count). The van der Waals surface area contributed by atoms with Gasteiger partial charge in [-0.05, 0) is 55.2 Å². The van der Waals surface area contributed by atoms with E-state index in [0.717, 1.165) is 56.9 Å². The molecule has 0 aliphatic rings. The van der Waals surface area contributed by atoms with Gasteiger partial charge >= 0.3 is 7.12 Å². The summed E-state index contributed by atoms with van der Waals surface area (Å²) < 4.78 is 0. The van der Waals surface area contributed by atoms with Crippen LogP contribution in [0, 0.1) is 0 Å². The molecule has 0 saturated heterocycles. The number of hydrogen-bond donors (Lipinski definition) is 2. The zero-order chi connectivity index (χ0) is 15.7. The maximum Gasteiger partial charge on any atom is 0.508 e. The van der Waals surface area contributed by atoms with E-state index in [9.17, 15) is 10.0 Å². The Morgan fingerprint density at radius 1 is 0.857 bits per heavy atom. The van der Waals surface area contributed by atoms with E-state index < -0.39 is 7.12 Å². The van der Waals surface area contributed by atoms with Crippen LogP contribution < -0.4 is 5.59 Å². The highest BCUT2D eigenvalue weighted by molar-refractivity contribution is 6.58. The number of pyridine rings is 1. The second-order valence-corrected chi connectivity index (χ2v) is 5.81. The molecule has 118 valence electrons. The van der Waals surface area contributed by atoms with Crippen LogP contribution in [0.15, 0.2) is 6.20 Å². The Morgan fingerprint density at radius 3 is 1.90 bits per heavy atom. The predicted octanol–water partition coefficient (Wildman–Crippen LogP) is 2.79. The van der Waals surface area contributed by atoms with Crippen molar-refractivity contribution in [1.29, 1.82) is 0 Å². The van der Waals surface area contributed by atoms with Crippen LogP contribution in [0.5, 0.6) is 0 Å². The molecule has 1 aromatic heterocycles. The highest BCUT2D eigenvalue weighted by Gasteiger charge is 2.22. The van der Waals surface area contributed by atoms with Crippen molar-refractivity contribution in [3.8, 4) is 0 Å². The lowest BCUT2D eigenvalue weighted by molar-refractivity contribution is 0.423. The van der Waals surface area contributed by atoms with E-state index >= 15 is 0 Å². The summed E-state index contributed by atoms with van der Waals surface area (Å²) >= 11 is 0. The van der Waals surface area contributed by atoms with Gasteiger partial charge in [0, 0.05) is 6.20 Å². The molecule has 0 bridgehead atoms. The predicted molar refractivity (Wildman–Crippen MR) is 89.9 cm³/mol. The summed E-state index contributed by atoms with van der Waals surface area (Å²) in [6.07, 6.45) is 11.6. The minimum absolute atomic E-state index is 0.467. The molecule has 0 aliphatic heterocycles. The van der Waals surface area contributed by atoms with E-state index in [0.29, 0.717) is 5.59 Å². The monoisotopic (exact) mass is 291 g/mol. The molecule has 3 nitrogen and oxygen atoms in total. The number of aryl methyl sites for hydroxylation is 1. The lowest BCUT2D eigenvalue weighted by Crippen LogP contribution is -2.37. The van der Waals surface area contributed by atoms with Crippen LogP contribution in [0.1, 0.15) is 76.0 Å². The Hall–Kier alpha value is -0.865. The van der Waals surface area contributed by atoms with Crippen LogP contribution in [0.3, 0.4) is 0 Å². The Labute approximate surface area is 130 Å². The fourth-order valence-electron chi connectivity index (χ4n) is 2.75. The molecule has 0 aliphatic carbocycles.